The Morgan fingerprint density at radius 2 is 0.821 bits per heavy atom. The predicted molar refractivity (Wildman–Crippen MR) is 223 cm³/mol. The number of rotatable bonds is 5. The van der Waals surface area contributed by atoms with Crippen LogP contribution in [0.25, 0.3) is 88.4 Å². The van der Waals surface area contributed by atoms with Crippen LogP contribution in [0.5, 0.6) is 0 Å². The van der Waals surface area contributed by atoms with Gasteiger partial charge in [0, 0.05) is 32.7 Å². The third-order valence-corrected chi connectivity index (χ3v) is 10.7. The molecule has 258 valence electrons. The summed E-state index contributed by atoms with van der Waals surface area (Å²) >= 11 is 0. The van der Waals surface area contributed by atoms with Gasteiger partial charge in [-0.25, -0.2) is 0 Å². The van der Waals surface area contributed by atoms with Crippen LogP contribution in [0.2, 0.25) is 0 Å². The summed E-state index contributed by atoms with van der Waals surface area (Å²) in [5.41, 5.74) is 13.4. The average molecular weight is 713 g/mol. The fourth-order valence-corrected chi connectivity index (χ4v) is 8.15. The van der Waals surface area contributed by atoms with Crippen molar-refractivity contribution in [2.24, 2.45) is 0 Å². The third kappa shape index (κ3) is 5.05. The molecule has 3 aromatic heterocycles. The maximum atomic E-state index is 10.5. The molecule has 10 aromatic rings. The molecule has 0 saturated heterocycles. The fraction of sp³-hybridized carbons (Fsp3) is 0. The molecule has 0 fully saturated rings. The van der Waals surface area contributed by atoms with Gasteiger partial charge >= 0.3 is 0 Å². The van der Waals surface area contributed by atoms with E-state index in [-0.39, 0.29) is 0 Å². The summed E-state index contributed by atoms with van der Waals surface area (Å²) in [6.07, 6.45) is 3.81. The maximum Gasteiger partial charge on any atom is 0.0998 e. The molecule has 0 aliphatic carbocycles. The summed E-state index contributed by atoms with van der Waals surface area (Å²) in [5, 5.41) is 33.6. The number of aromatic nitrogens is 3. The molecule has 6 heteroatoms. The van der Waals surface area contributed by atoms with E-state index >= 15 is 0 Å². The van der Waals surface area contributed by atoms with Gasteiger partial charge in [-0.05, 0) is 89.0 Å². The highest BCUT2D eigenvalue weighted by atomic mass is 15.0. The number of nitrogens with zero attached hydrogens (tertiary/aromatic N) is 6. The fourth-order valence-electron chi connectivity index (χ4n) is 8.15. The Labute approximate surface area is 322 Å². The van der Waals surface area contributed by atoms with Crippen LogP contribution >= 0.6 is 0 Å². The average Bonchev–Trinajstić information content (AvgIpc) is 3.78. The quantitative estimate of drug-likeness (QED) is 0.177. The molecule has 0 aliphatic rings. The van der Waals surface area contributed by atoms with Gasteiger partial charge in [0.1, 0.15) is 0 Å². The van der Waals surface area contributed by atoms with E-state index < -0.39 is 0 Å². The van der Waals surface area contributed by atoms with Crippen molar-refractivity contribution in [3.8, 4) is 63.0 Å². The van der Waals surface area contributed by atoms with Crippen LogP contribution in [0.1, 0.15) is 16.7 Å². The SMILES string of the molecule is N#Cc1ccc(-c2ccc3c(c2)c2ccccc2n3-c2cncc(-n3c4ccccc4c4cc(-c5ccc(C#N)cc5)ccc43)c2-c2ccccc2C#N)cc1. The molecule has 3 heterocycles. The van der Waals surface area contributed by atoms with Crippen molar-refractivity contribution in [2.75, 3.05) is 0 Å². The van der Waals surface area contributed by atoms with E-state index in [9.17, 15) is 15.8 Å². The van der Waals surface area contributed by atoms with Crippen molar-refractivity contribution >= 4 is 43.6 Å². The van der Waals surface area contributed by atoms with Crippen molar-refractivity contribution in [2.45, 2.75) is 0 Å². The van der Waals surface area contributed by atoms with E-state index in [1.165, 1.54) is 0 Å². The minimum Gasteiger partial charge on any atom is -0.307 e. The summed E-state index contributed by atoms with van der Waals surface area (Å²) in [7, 11) is 0. The van der Waals surface area contributed by atoms with Crippen molar-refractivity contribution < 1.29 is 0 Å². The van der Waals surface area contributed by atoms with Crippen molar-refractivity contribution in [1.29, 1.82) is 15.8 Å². The Morgan fingerprint density at radius 1 is 0.393 bits per heavy atom. The van der Waals surface area contributed by atoms with Gasteiger partial charge in [-0.1, -0.05) is 91.0 Å². The molecule has 6 nitrogen and oxygen atoms in total. The van der Waals surface area contributed by atoms with Crippen LogP contribution in [0.4, 0.5) is 0 Å². The van der Waals surface area contributed by atoms with Crippen molar-refractivity contribution in [3.63, 3.8) is 0 Å². The number of benzene rings is 7. The number of fused-ring (bicyclic) bond motifs is 6. The lowest BCUT2D eigenvalue weighted by Gasteiger charge is -2.20. The van der Waals surface area contributed by atoms with E-state index in [2.05, 4.69) is 112 Å². The Kier molecular flexibility index (Phi) is 7.53. The zero-order valence-corrected chi connectivity index (χ0v) is 29.8. The molecule has 0 bridgehead atoms. The summed E-state index contributed by atoms with van der Waals surface area (Å²) in [6, 6.07) is 59.8. The monoisotopic (exact) mass is 712 g/mol. The highest BCUT2D eigenvalue weighted by molar-refractivity contribution is 6.13. The van der Waals surface area contributed by atoms with Crippen molar-refractivity contribution in [1.82, 2.24) is 14.1 Å². The molecule has 0 N–H and O–H groups in total. The number of para-hydroxylation sites is 2. The standard InChI is InChI=1S/C50H28N6/c51-27-32-13-17-34(18-14-32)36-21-23-46-42(25-36)40-9-3-5-11-44(40)55(46)48-30-54-31-49(50(48)39-8-2-1-7-38(39)29-53)56-45-12-6-4-10-41(45)43-26-37(22-24-47(43)56)35-19-15-33(28-52)16-20-35/h1-26,30-31H. The van der Waals surface area contributed by atoms with Gasteiger partial charge in [-0.3, -0.25) is 4.98 Å². The van der Waals surface area contributed by atoms with Crippen molar-refractivity contribution in [3.05, 3.63) is 187 Å². The first-order chi connectivity index (χ1) is 27.6. The minimum atomic E-state index is 0.564. The Balaban J connectivity index is 1.27. The van der Waals surface area contributed by atoms with Gasteiger partial charge < -0.3 is 9.13 Å². The second-order valence-electron chi connectivity index (χ2n) is 13.8. The van der Waals surface area contributed by atoms with Crippen LogP contribution in [-0.2, 0) is 0 Å². The van der Waals surface area contributed by atoms with Gasteiger partial charge in [0.05, 0.1) is 80.7 Å². The molecule has 0 amide bonds. The molecule has 0 atom stereocenters. The van der Waals surface area contributed by atoms with E-state index in [1.807, 2.05) is 85.2 Å². The summed E-state index contributed by atoms with van der Waals surface area (Å²) in [4.78, 5) is 4.95. The molecule has 0 aliphatic heterocycles. The van der Waals surface area contributed by atoms with E-state index in [1.54, 1.807) is 0 Å². The summed E-state index contributed by atoms with van der Waals surface area (Å²) in [6.45, 7) is 0. The number of hydrogen-bond acceptors (Lipinski definition) is 4. The first-order valence-electron chi connectivity index (χ1n) is 18.2. The lowest BCUT2D eigenvalue weighted by Crippen LogP contribution is -2.05. The third-order valence-electron chi connectivity index (χ3n) is 10.7. The van der Waals surface area contributed by atoms with Gasteiger partial charge in [-0.2, -0.15) is 15.8 Å². The van der Waals surface area contributed by atoms with Gasteiger partial charge in [0.15, 0.2) is 0 Å². The molecule has 0 saturated carbocycles. The minimum absolute atomic E-state index is 0.564. The molecule has 56 heavy (non-hydrogen) atoms. The molecule has 0 spiro atoms. The number of nitriles is 3. The lowest BCUT2D eigenvalue weighted by molar-refractivity contribution is 1.09. The normalized spacial score (nSPS) is 11.2. The Bertz CT molecular complexity index is 3130. The molecule has 0 radical (unpaired) electrons. The molecular formula is C50H28N6. The highest BCUT2D eigenvalue weighted by Gasteiger charge is 2.24. The zero-order valence-electron chi connectivity index (χ0n) is 29.8. The molecule has 10 rings (SSSR count). The van der Waals surface area contributed by atoms with Crippen LogP contribution in [0.3, 0.4) is 0 Å². The highest BCUT2D eigenvalue weighted by Crippen LogP contribution is 2.43. The van der Waals surface area contributed by atoms with Gasteiger partial charge in [0.25, 0.3) is 0 Å². The largest absolute Gasteiger partial charge is 0.307 e. The van der Waals surface area contributed by atoms with Crippen LogP contribution in [-0.4, -0.2) is 14.1 Å². The number of hydrogen-bond donors (Lipinski definition) is 0. The summed E-state index contributed by atoms with van der Waals surface area (Å²) < 4.78 is 4.54. The molecule has 7 aromatic carbocycles. The Morgan fingerprint density at radius 3 is 1.30 bits per heavy atom. The van der Waals surface area contributed by atoms with Crippen LogP contribution in [0, 0.1) is 34.0 Å². The van der Waals surface area contributed by atoms with E-state index in [4.69, 9.17) is 4.98 Å². The maximum absolute atomic E-state index is 10.5. The second kappa shape index (κ2) is 13.0. The van der Waals surface area contributed by atoms with Crippen LogP contribution in [0.15, 0.2) is 170 Å². The summed E-state index contributed by atoms with van der Waals surface area (Å²) in [5.74, 6) is 0. The first-order valence-corrected chi connectivity index (χ1v) is 18.2. The molecular weight excluding hydrogens is 685 g/mol. The predicted octanol–water partition coefficient (Wildman–Crippen LogP) is 11.9. The lowest BCUT2D eigenvalue weighted by atomic mass is 9.97. The van der Waals surface area contributed by atoms with Gasteiger partial charge in [-0.15, -0.1) is 0 Å². The second-order valence-corrected chi connectivity index (χ2v) is 13.8. The molecule has 0 unspecified atom stereocenters. The number of pyridine rings is 1. The first kappa shape index (κ1) is 32.4. The van der Waals surface area contributed by atoms with E-state index in [0.29, 0.717) is 16.7 Å². The van der Waals surface area contributed by atoms with E-state index in [0.717, 1.165) is 88.4 Å². The topological polar surface area (TPSA) is 94.1 Å². The van der Waals surface area contributed by atoms with Gasteiger partial charge in [0.2, 0.25) is 0 Å². The Hall–Kier alpha value is -8.24. The smallest absolute Gasteiger partial charge is 0.0998 e. The zero-order chi connectivity index (χ0) is 37.8. The van der Waals surface area contributed by atoms with Crippen LogP contribution < -0.4 is 0 Å².